The Labute approximate surface area is 102 Å². The Morgan fingerprint density at radius 3 is 2.81 bits per heavy atom. The lowest BCUT2D eigenvalue weighted by Gasteiger charge is -2.25. The summed E-state index contributed by atoms with van der Waals surface area (Å²) in [4.78, 5) is 11.9. The van der Waals surface area contributed by atoms with E-state index in [1.807, 2.05) is 11.8 Å². The van der Waals surface area contributed by atoms with Crippen molar-refractivity contribution in [1.82, 2.24) is 10.6 Å². The highest BCUT2D eigenvalue weighted by Crippen LogP contribution is 2.24. The Kier molecular flexibility index (Phi) is 4.97. The number of carbonyl (C=O) groups excluding carboxylic acids is 1. The summed E-state index contributed by atoms with van der Waals surface area (Å²) in [6.45, 7) is 1.86. The standard InChI is InChI=1S/C12H22N2OS/c15-12(11-6-1-3-7-13-11)14-9-10-5-2-4-8-16-10/h10-11,13H,1-9H2,(H,14,15)/t10?,11-/m1/s1. The van der Waals surface area contributed by atoms with Gasteiger partial charge in [-0.2, -0.15) is 11.8 Å². The third-order valence-electron chi connectivity index (χ3n) is 3.40. The van der Waals surface area contributed by atoms with Gasteiger partial charge >= 0.3 is 0 Å². The van der Waals surface area contributed by atoms with E-state index in [4.69, 9.17) is 0 Å². The van der Waals surface area contributed by atoms with Crippen LogP contribution < -0.4 is 10.6 Å². The minimum Gasteiger partial charge on any atom is -0.354 e. The van der Waals surface area contributed by atoms with E-state index in [0.717, 1.165) is 19.5 Å². The molecule has 2 N–H and O–H groups in total. The molecule has 1 unspecified atom stereocenters. The Bertz CT molecular complexity index is 223. The molecule has 0 saturated carbocycles. The molecule has 2 saturated heterocycles. The number of nitrogens with one attached hydrogen (secondary N) is 2. The molecule has 2 heterocycles. The van der Waals surface area contributed by atoms with Crippen LogP contribution in [-0.4, -0.2) is 36.0 Å². The summed E-state index contributed by atoms with van der Waals surface area (Å²) in [6.07, 6.45) is 7.34. The summed E-state index contributed by atoms with van der Waals surface area (Å²) in [6, 6.07) is 0.0716. The first kappa shape index (κ1) is 12.2. The van der Waals surface area contributed by atoms with Crippen LogP contribution in [0.1, 0.15) is 38.5 Å². The first-order valence-electron chi connectivity index (χ1n) is 6.49. The van der Waals surface area contributed by atoms with Crippen LogP contribution in [0.5, 0.6) is 0 Å². The van der Waals surface area contributed by atoms with E-state index >= 15 is 0 Å². The van der Waals surface area contributed by atoms with Gasteiger partial charge in [0.15, 0.2) is 0 Å². The van der Waals surface area contributed by atoms with Crippen molar-refractivity contribution >= 4 is 17.7 Å². The minimum absolute atomic E-state index is 0.0716. The van der Waals surface area contributed by atoms with Gasteiger partial charge in [0.05, 0.1) is 6.04 Å². The predicted octanol–water partition coefficient (Wildman–Crippen LogP) is 1.53. The average molecular weight is 242 g/mol. The maximum atomic E-state index is 11.9. The molecule has 1 amide bonds. The molecule has 0 spiro atoms. The van der Waals surface area contributed by atoms with E-state index in [9.17, 15) is 4.79 Å². The van der Waals surface area contributed by atoms with Crippen molar-refractivity contribution in [1.29, 1.82) is 0 Å². The number of rotatable bonds is 3. The van der Waals surface area contributed by atoms with Gasteiger partial charge in [0.25, 0.3) is 0 Å². The molecule has 0 aromatic rings. The van der Waals surface area contributed by atoms with Crippen LogP contribution >= 0.6 is 11.8 Å². The summed E-state index contributed by atoms with van der Waals surface area (Å²) < 4.78 is 0. The molecule has 16 heavy (non-hydrogen) atoms. The van der Waals surface area contributed by atoms with Crippen molar-refractivity contribution in [2.45, 2.75) is 49.8 Å². The van der Waals surface area contributed by atoms with Crippen molar-refractivity contribution < 1.29 is 4.79 Å². The molecule has 0 aliphatic carbocycles. The molecule has 0 radical (unpaired) electrons. The lowest BCUT2D eigenvalue weighted by Crippen LogP contribution is -2.48. The molecule has 0 aromatic heterocycles. The van der Waals surface area contributed by atoms with Crippen molar-refractivity contribution in [3.05, 3.63) is 0 Å². The second-order valence-electron chi connectivity index (χ2n) is 4.74. The zero-order valence-corrected chi connectivity index (χ0v) is 10.7. The molecular formula is C12H22N2OS. The molecule has 3 nitrogen and oxygen atoms in total. The van der Waals surface area contributed by atoms with E-state index in [1.54, 1.807) is 0 Å². The largest absolute Gasteiger partial charge is 0.354 e. The number of hydrogen-bond donors (Lipinski definition) is 2. The zero-order valence-electron chi connectivity index (χ0n) is 9.84. The third-order valence-corrected chi connectivity index (χ3v) is 4.80. The van der Waals surface area contributed by atoms with Gasteiger partial charge in [-0.3, -0.25) is 4.79 Å². The van der Waals surface area contributed by atoms with Crippen LogP contribution in [0.4, 0.5) is 0 Å². The van der Waals surface area contributed by atoms with Crippen LogP contribution in [-0.2, 0) is 4.79 Å². The SMILES string of the molecule is O=C(NCC1CCCCS1)[C@H]1CCCCN1. The van der Waals surface area contributed by atoms with Gasteiger partial charge in [0.2, 0.25) is 5.91 Å². The smallest absolute Gasteiger partial charge is 0.237 e. The average Bonchev–Trinajstić information content (AvgIpc) is 2.38. The minimum atomic E-state index is 0.0716. The number of hydrogen-bond acceptors (Lipinski definition) is 3. The second kappa shape index (κ2) is 6.50. The molecule has 0 aromatic carbocycles. The summed E-state index contributed by atoms with van der Waals surface area (Å²) in [5, 5.41) is 7.04. The Morgan fingerprint density at radius 1 is 1.25 bits per heavy atom. The van der Waals surface area contributed by atoms with Crippen molar-refractivity contribution in [2.24, 2.45) is 0 Å². The van der Waals surface area contributed by atoms with Gasteiger partial charge in [-0.15, -0.1) is 0 Å². The highest BCUT2D eigenvalue weighted by atomic mass is 32.2. The van der Waals surface area contributed by atoms with Crippen LogP contribution in [0.15, 0.2) is 0 Å². The summed E-state index contributed by atoms with van der Waals surface area (Å²) >= 11 is 2.02. The monoisotopic (exact) mass is 242 g/mol. The summed E-state index contributed by atoms with van der Waals surface area (Å²) in [5.74, 6) is 1.48. The number of piperidine rings is 1. The number of thioether (sulfide) groups is 1. The molecular weight excluding hydrogens is 220 g/mol. The first-order valence-corrected chi connectivity index (χ1v) is 7.54. The Hall–Kier alpha value is -0.220. The molecule has 92 valence electrons. The van der Waals surface area contributed by atoms with E-state index in [2.05, 4.69) is 10.6 Å². The van der Waals surface area contributed by atoms with E-state index in [0.29, 0.717) is 5.25 Å². The summed E-state index contributed by atoms with van der Waals surface area (Å²) in [5.41, 5.74) is 0. The second-order valence-corrected chi connectivity index (χ2v) is 6.14. The molecule has 2 rings (SSSR count). The maximum Gasteiger partial charge on any atom is 0.237 e. The van der Waals surface area contributed by atoms with Gasteiger partial charge in [-0.25, -0.2) is 0 Å². The zero-order chi connectivity index (χ0) is 11.2. The van der Waals surface area contributed by atoms with Crippen molar-refractivity contribution in [3.8, 4) is 0 Å². The molecule has 4 heteroatoms. The maximum absolute atomic E-state index is 11.9. The van der Waals surface area contributed by atoms with Crippen molar-refractivity contribution in [2.75, 3.05) is 18.8 Å². The van der Waals surface area contributed by atoms with E-state index in [1.165, 1.54) is 37.9 Å². The van der Waals surface area contributed by atoms with E-state index in [-0.39, 0.29) is 11.9 Å². The van der Waals surface area contributed by atoms with Gasteiger partial charge in [0.1, 0.15) is 0 Å². The highest BCUT2D eigenvalue weighted by molar-refractivity contribution is 7.99. The first-order chi connectivity index (χ1) is 7.86. The van der Waals surface area contributed by atoms with E-state index < -0.39 is 0 Å². The van der Waals surface area contributed by atoms with Crippen LogP contribution in [0.25, 0.3) is 0 Å². The number of carbonyl (C=O) groups is 1. The lowest BCUT2D eigenvalue weighted by molar-refractivity contribution is -0.123. The Morgan fingerprint density at radius 2 is 2.12 bits per heavy atom. The molecule has 2 aliphatic heterocycles. The molecule has 2 fully saturated rings. The molecule has 2 aliphatic rings. The number of amides is 1. The fourth-order valence-corrected chi connectivity index (χ4v) is 3.62. The Balaban J connectivity index is 1.65. The van der Waals surface area contributed by atoms with Gasteiger partial charge in [0, 0.05) is 11.8 Å². The van der Waals surface area contributed by atoms with Gasteiger partial charge in [-0.05, 0) is 38.0 Å². The van der Waals surface area contributed by atoms with Crippen LogP contribution in [0, 0.1) is 0 Å². The molecule has 0 bridgehead atoms. The van der Waals surface area contributed by atoms with Crippen LogP contribution in [0.3, 0.4) is 0 Å². The lowest BCUT2D eigenvalue weighted by atomic mass is 10.0. The fourth-order valence-electron chi connectivity index (χ4n) is 2.38. The van der Waals surface area contributed by atoms with Crippen LogP contribution in [0.2, 0.25) is 0 Å². The topological polar surface area (TPSA) is 41.1 Å². The third kappa shape index (κ3) is 3.67. The fraction of sp³-hybridized carbons (Fsp3) is 0.917. The van der Waals surface area contributed by atoms with Gasteiger partial charge < -0.3 is 10.6 Å². The normalized spacial score (nSPS) is 31.0. The quantitative estimate of drug-likeness (QED) is 0.788. The predicted molar refractivity (Wildman–Crippen MR) is 68.7 cm³/mol. The molecule has 2 atom stereocenters. The summed E-state index contributed by atoms with van der Waals surface area (Å²) in [7, 11) is 0. The van der Waals surface area contributed by atoms with Gasteiger partial charge in [-0.1, -0.05) is 12.8 Å². The highest BCUT2D eigenvalue weighted by Gasteiger charge is 2.21. The van der Waals surface area contributed by atoms with Crippen molar-refractivity contribution in [3.63, 3.8) is 0 Å².